The van der Waals surface area contributed by atoms with Crippen molar-refractivity contribution in [1.29, 1.82) is 0 Å². The molecule has 6 rings (SSSR count). The van der Waals surface area contributed by atoms with Gasteiger partial charge >= 0.3 is 0 Å². The van der Waals surface area contributed by atoms with Crippen LogP contribution in [0.25, 0.3) is 11.1 Å². The zero-order valence-electron chi connectivity index (χ0n) is 21.0. The molecule has 1 saturated carbocycles. The van der Waals surface area contributed by atoms with E-state index < -0.39 is 5.41 Å². The number of carbonyl (C=O) groups is 3. The Bertz CT molecular complexity index is 1330. The van der Waals surface area contributed by atoms with Crippen molar-refractivity contribution < 1.29 is 14.4 Å². The third-order valence-electron chi connectivity index (χ3n) is 8.15. The number of aromatic nitrogens is 3. The number of piperidine rings is 1. The Morgan fingerprint density at radius 3 is 2.41 bits per heavy atom. The largest absolute Gasteiger partial charge is 0.342 e. The highest BCUT2D eigenvalue weighted by Crippen LogP contribution is 2.45. The van der Waals surface area contributed by atoms with Crippen LogP contribution >= 0.6 is 0 Å². The lowest BCUT2D eigenvalue weighted by Crippen LogP contribution is -2.46. The highest BCUT2D eigenvalue weighted by molar-refractivity contribution is 6.11. The van der Waals surface area contributed by atoms with Gasteiger partial charge in [-0.3, -0.25) is 19.3 Å². The average Bonchev–Trinajstić information content (AvgIpc) is 3.61. The molecular weight excluding hydrogens is 466 g/mol. The number of likely N-dealkylation sites (tertiary alicyclic amines) is 2. The molecule has 0 N–H and O–H groups in total. The van der Waals surface area contributed by atoms with E-state index in [2.05, 4.69) is 10.2 Å². The van der Waals surface area contributed by atoms with E-state index in [4.69, 9.17) is 0 Å². The van der Waals surface area contributed by atoms with Crippen molar-refractivity contribution in [3.8, 4) is 11.1 Å². The fraction of sp³-hybridized carbons (Fsp3) is 0.414. The van der Waals surface area contributed by atoms with Crippen molar-refractivity contribution in [2.75, 3.05) is 13.1 Å². The summed E-state index contributed by atoms with van der Waals surface area (Å²) < 4.78 is 1.90. The molecule has 3 fully saturated rings. The van der Waals surface area contributed by atoms with Gasteiger partial charge in [-0.1, -0.05) is 54.6 Å². The molecule has 3 aliphatic rings. The number of carbonyl (C=O) groups excluding carboxylic acids is 3. The Labute approximate surface area is 216 Å². The molecule has 2 aromatic carbocycles. The predicted octanol–water partition coefficient (Wildman–Crippen LogP) is 3.44. The van der Waals surface area contributed by atoms with Crippen molar-refractivity contribution in [3.05, 3.63) is 72.3 Å². The second-order valence-electron chi connectivity index (χ2n) is 10.7. The monoisotopic (exact) mass is 497 g/mol. The maximum atomic E-state index is 13.9. The van der Waals surface area contributed by atoms with Crippen LogP contribution in [0.3, 0.4) is 0 Å². The van der Waals surface area contributed by atoms with Gasteiger partial charge in [0.15, 0.2) is 0 Å². The maximum absolute atomic E-state index is 13.9. The highest BCUT2D eigenvalue weighted by atomic mass is 16.2. The molecule has 2 atom stereocenters. The first-order valence-corrected chi connectivity index (χ1v) is 13.1. The summed E-state index contributed by atoms with van der Waals surface area (Å²) in [6.45, 7) is 1.19. The van der Waals surface area contributed by atoms with E-state index in [1.54, 1.807) is 6.33 Å². The Morgan fingerprint density at radius 2 is 1.73 bits per heavy atom. The van der Waals surface area contributed by atoms with Gasteiger partial charge in [-0.15, -0.1) is 10.2 Å². The van der Waals surface area contributed by atoms with Crippen LogP contribution < -0.4 is 0 Å². The maximum Gasteiger partial charge on any atom is 0.241 e. The van der Waals surface area contributed by atoms with Gasteiger partial charge in [0, 0.05) is 44.9 Å². The van der Waals surface area contributed by atoms with E-state index in [1.807, 2.05) is 71.1 Å². The van der Waals surface area contributed by atoms with E-state index in [0.29, 0.717) is 13.1 Å². The minimum atomic E-state index is -1.16. The fourth-order valence-corrected chi connectivity index (χ4v) is 5.99. The molecular formula is C29H31N5O3. The van der Waals surface area contributed by atoms with Crippen LogP contribution in [0.1, 0.15) is 55.8 Å². The Morgan fingerprint density at radius 1 is 1.00 bits per heavy atom. The molecule has 0 spiro atoms. The molecule has 1 aromatic heterocycles. The van der Waals surface area contributed by atoms with Gasteiger partial charge in [0.1, 0.15) is 12.2 Å². The lowest BCUT2D eigenvalue weighted by atomic mass is 9.75. The van der Waals surface area contributed by atoms with Gasteiger partial charge in [-0.2, -0.15) is 0 Å². The minimum absolute atomic E-state index is 0.00296. The summed E-state index contributed by atoms with van der Waals surface area (Å²) in [5.41, 5.74) is 1.69. The van der Waals surface area contributed by atoms with Gasteiger partial charge in [0.25, 0.3) is 0 Å². The van der Waals surface area contributed by atoms with E-state index in [9.17, 15) is 14.4 Å². The molecule has 37 heavy (non-hydrogen) atoms. The van der Waals surface area contributed by atoms with E-state index in [1.165, 1.54) is 4.90 Å². The molecule has 190 valence electrons. The van der Waals surface area contributed by atoms with Gasteiger partial charge in [0.2, 0.25) is 17.7 Å². The lowest BCUT2D eigenvalue weighted by Gasteiger charge is -2.35. The summed E-state index contributed by atoms with van der Waals surface area (Å²) in [4.78, 5) is 44.1. The van der Waals surface area contributed by atoms with Gasteiger partial charge in [-0.05, 0) is 42.4 Å². The number of nitrogens with zero attached hydrogens (tertiary/aromatic N) is 5. The van der Waals surface area contributed by atoms with E-state index in [0.717, 1.165) is 48.2 Å². The van der Waals surface area contributed by atoms with Crippen LogP contribution in [0, 0.1) is 0 Å². The molecule has 0 radical (unpaired) electrons. The summed E-state index contributed by atoms with van der Waals surface area (Å²) >= 11 is 0. The van der Waals surface area contributed by atoms with Crippen molar-refractivity contribution in [3.63, 3.8) is 0 Å². The zero-order valence-corrected chi connectivity index (χ0v) is 21.0. The third-order valence-corrected chi connectivity index (χ3v) is 8.15. The molecule has 2 aliphatic heterocycles. The van der Waals surface area contributed by atoms with Crippen LogP contribution in [-0.2, 0) is 26.8 Å². The quantitative estimate of drug-likeness (QED) is 0.487. The van der Waals surface area contributed by atoms with Crippen LogP contribution in [0.4, 0.5) is 0 Å². The van der Waals surface area contributed by atoms with Gasteiger partial charge in [0.05, 0.1) is 5.41 Å². The van der Waals surface area contributed by atoms with Crippen LogP contribution in [-0.4, -0.2) is 61.4 Å². The molecule has 0 unspecified atom stereocenters. The van der Waals surface area contributed by atoms with Crippen molar-refractivity contribution in [2.45, 2.75) is 55.9 Å². The van der Waals surface area contributed by atoms with Crippen molar-refractivity contribution in [2.24, 2.45) is 7.05 Å². The molecule has 3 aromatic rings. The molecule has 1 aliphatic carbocycles. The molecule has 8 heteroatoms. The number of rotatable bonds is 6. The van der Waals surface area contributed by atoms with Crippen molar-refractivity contribution >= 4 is 17.7 Å². The summed E-state index contributed by atoms with van der Waals surface area (Å²) in [6.07, 6.45) is 5.22. The normalized spacial score (nSPS) is 24.1. The first kappa shape index (κ1) is 23.6. The second kappa shape index (κ2) is 9.25. The predicted molar refractivity (Wildman–Crippen MR) is 137 cm³/mol. The lowest BCUT2D eigenvalue weighted by molar-refractivity contribution is -0.143. The molecule has 8 nitrogen and oxygen atoms in total. The Balaban J connectivity index is 1.30. The highest BCUT2D eigenvalue weighted by Gasteiger charge is 2.57. The standard InChI is InChI=1S/C29H31N5O3/c1-32-19-30-31-27(32)22-8-5-15-33(18-22)25(35)16-29(17-26(36)34(28(29)37)24-13-14-24)23-11-9-21(10-12-23)20-6-3-2-4-7-20/h2-4,6-7,9-12,19,22,24H,5,8,13-18H2,1H3/t22-,29+/m1/s1. The van der Waals surface area contributed by atoms with Crippen LogP contribution in [0.2, 0.25) is 0 Å². The first-order chi connectivity index (χ1) is 18.0. The number of amides is 3. The second-order valence-corrected chi connectivity index (χ2v) is 10.7. The fourth-order valence-electron chi connectivity index (χ4n) is 5.99. The summed E-state index contributed by atoms with van der Waals surface area (Å²) in [7, 11) is 1.92. The summed E-state index contributed by atoms with van der Waals surface area (Å²) in [5.74, 6) is 0.509. The zero-order chi connectivity index (χ0) is 25.6. The third kappa shape index (κ3) is 4.24. The summed E-state index contributed by atoms with van der Waals surface area (Å²) in [6, 6.07) is 17.8. The number of imide groups is 1. The number of hydrogen-bond acceptors (Lipinski definition) is 5. The molecule has 0 bridgehead atoms. The van der Waals surface area contributed by atoms with Crippen LogP contribution in [0.5, 0.6) is 0 Å². The van der Waals surface area contributed by atoms with E-state index >= 15 is 0 Å². The molecule has 3 heterocycles. The van der Waals surface area contributed by atoms with Crippen molar-refractivity contribution in [1.82, 2.24) is 24.6 Å². The summed E-state index contributed by atoms with van der Waals surface area (Å²) in [5, 5.41) is 8.26. The molecule has 2 saturated heterocycles. The molecule has 3 amide bonds. The van der Waals surface area contributed by atoms with Crippen LogP contribution in [0.15, 0.2) is 60.9 Å². The smallest absolute Gasteiger partial charge is 0.241 e. The number of aryl methyl sites for hydroxylation is 1. The average molecular weight is 498 g/mol. The SMILES string of the molecule is Cn1cnnc1[C@@H]1CCCN(C(=O)C[C@@]2(c3ccc(-c4ccccc4)cc3)CC(=O)N(C3CC3)C2=O)C1. The number of hydrogen-bond donors (Lipinski definition) is 0. The Kier molecular flexibility index (Phi) is 5.89. The number of benzene rings is 2. The van der Waals surface area contributed by atoms with Gasteiger partial charge < -0.3 is 9.47 Å². The first-order valence-electron chi connectivity index (χ1n) is 13.1. The Hall–Kier alpha value is -3.81. The van der Waals surface area contributed by atoms with Gasteiger partial charge in [-0.25, -0.2) is 0 Å². The topological polar surface area (TPSA) is 88.4 Å². The minimum Gasteiger partial charge on any atom is -0.342 e. The van der Waals surface area contributed by atoms with E-state index in [-0.39, 0.29) is 42.5 Å².